The summed E-state index contributed by atoms with van der Waals surface area (Å²) in [5, 5.41) is 13.5. The van der Waals surface area contributed by atoms with Gasteiger partial charge in [-0.25, -0.2) is 15.0 Å². The van der Waals surface area contributed by atoms with E-state index in [0.717, 1.165) is 93.6 Å². The largest absolute Gasteiger partial charge is 0.456 e. The summed E-state index contributed by atoms with van der Waals surface area (Å²) in [7, 11) is 0. The number of aromatic nitrogens is 5. The molecule has 0 aliphatic heterocycles. The van der Waals surface area contributed by atoms with Crippen molar-refractivity contribution in [2.45, 2.75) is 0 Å². The normalized spacial score (nSPS) is 12.1. The number of hydrogen-bond acceptors (Lipinski definition) is 4. The molecule has 0 saturated carbocycles. The molecular weight excluding hydrogens is 843 g/mol. The number of furan rings is 1. The summed E-state index contributed by atoms with van der Waals surface area (Å²) in [5.41, 5.74) is 10.7. The summed E-state index contributed by atoms with van der Waals surface area (Å²) >= 11 is 0. The minimum absolute atomic E-state index is 0.554. The zero-order chi connectivity index (χ0) is 45.2. The van der Waals surface area contributed by atoms with E-state index in [1.807, 2.05) is 12.1 Å². The second kappa shape index (κ2) is 14.6. The Hall–Kier alpha value is -9.39. The predicted molar refractivity (Wildman–Crippen MR) is 285 cm³/mol. The van der Waals surface area contributed by atoms with E-state index >= 15 is 0 Å². The summed E-state index contributed by atoms with van der Waals surface area (Å²) < 4.78 is 11.5. The molecular formula is C63H37N5O. The van der Waals surface area contributed by atoms with Crippen LogP contribution in [-0.2, 0) is 0 Å². The highest BCUT2D eigenvalue weighted by Gasteiger charge is 2.26. The second-order valence-corrected chi connectivity index (χ2v) is 18.0. The third-order valence-electron chi connectivity index (χ3n) is 14.1. The molecule has 0 N–H and O–H groups in total. The smallest absolute Gasteiger partial charge is 0.166 e. The summed E-state index contributed by atoms with van der Waals surface area (Å²) in [6.45, 7) is 0. The van der Waals surface area contributed by atoms with Crippen molar-refractivity contribution < 1.29 is 4.42 Å². The van der Waals surface area contributed by atoms with Crippen molar-refractivity contribution in [1.29, 1.82) is 0 Å². The Bertz CT molecular complexity index is 4520. The molecule has 0 atom stereocenters. The van der Waals surface area contributed by atoms with Crippen molar-refractivity contribution >= 4 is 97.9 Å². The first-order valence-corrected chi connectivity index (χ1v) is 23.3. The van der Waals surface area contributed by atoms with Gasteiger partial charge < -0.3 is 13.6 Å². The van der Waals surface area contributed by atoms with Crippen LogP contribution in [0.2, 0.25) is 0 Å². The number of nitrogens with zero attached hydrogens (tertiary/aromatic N) is 5. The molecule has 0 aliphatic rings. The van der Waals surface area contributed by atoms with Gasteiger partial charge in [0.05, 0.1) is 33.3 Å². The van der Waals surface area contributed by atoms with Crippen LogP contribution < -0.4 is 0 Å². The molecule has 0 saturated heterocycles. The topological polar surface area (TPSA) is 61.7 Å². The highest BCUT2D eigenvalue weighted by Crippen LogP contribution is 2.45. The fourth-order valence-electron chi connectivity index (χ4n) is 11.0. The SMILES string of the molecule is c1ccc(-n2c3ccccc3c3cc(-c4nc(-c5cccc6ccccc56)nc(-c5c(-n6c7cc8ccccc8cc7c7cc8ccccc8cc76)ccc6oc7ccccc7c56)n4)ccc32)cc1. The fraction of sp³-hybridized carbons (Fsp3) is 0. The molecule has 4 aromatic heterocycles. The predicted octanol–water partition coefficient (Wildman–Crippen LogP) is 16.4. The lowest BCUT2D eigenvalue weighted by molar-refractivity contribution is 0.669. The molecule has 69 heavy (non-hydrogen) atoms. The number of fused-ring (bicyclic) bond motifs is 12. The summed E-state index contributed by atoms with van der Waals surface area (Å²) in [6, 6.07) is 79.8. The third-order valence-corrected chi connectivity index (χ3v) is 14.1. The molecule has 0 fully saturated rings. The van der Waals surface area contributed by atoms with Crippen molar-refractivity contribution in [1.82, 2.24) is 24.1 Å². The van der Waals surface area contributed by atoms with Gasteiger partial charge in [-0.1, -0.05) is 146 Å². The van der Waals surface area contributed by atoms with E-state index in [-0.39, 0.29) is 0 Å². The van der Waals surface area contributed by atoms with Crippen LogP contribution in [0.15, 0.2) is 229 Å². The molecule has 6 nitrogen and oxygen atoms in total. The zero-order valence-electron chi connectivity index (χ0n) is 37.0. The van der Waals surface area contributed by atoms with E-state index in [2.05, 4.69) is 221 Å². The highest BCUT2D eigenvalue weighted by atomic mass is 16.3. The molecule has 0 amide bonds. The van der Waals surface area contributed by atoms with Gasteiger partial charge in [0.2, 0.25) is 0 Å². The van der Waals surface area contributed by atoms with E-state index in [9.17, 15) is 0 Å². The summed E-state index contributed by atoms with van der Waals surface area (Å²) in [6.07, 6.45) is 0. The van der Waals surface area contributed by atoms with Gasteiger partial charge in [-0.15, -0.1) is 0 Å². The lowest BCUT2D eigenvalue weighted by Gasteiger charge is -2.16. The van der Waals surface area contributed by atoms with E-state index < -0.39 is 0 Å². The van der Waals surface area contributed by atoms with Gasteiger partial charge in [0.25, 0.3) is 0 Å². The maximum absolute atomic E-state index is 6.71. The van der Waals surface area contributed by atoms with Gasteiger partial charge in [0.15, 0.2) is 17.5 Å². The van der Waals surface area contributed by atoms with Crippen LogP contribution in [0.1, 0.15) is 0 Å². The van der Waals surface area contributed by atoms with E-state index in [1.54, 1.807) is 0 Å². The molecule has 0 bridgehead atoms. The van der Waals surface area contributed by atoms with Crippen LogP contribution in [0, 0.1) is 0 Å². The minimum Gasteiger partial charge on any atom is -0.456 e. The Morgan fingerprint density at radius 1 is 0.319 bits per heavy atom. The molecule has 0 unspecified atom stereocenters. The highest BCUT2D eigenvalue weighted by molar-refractivity contribution is 6.19. The van der Waals surface area contributed by atoms with Gasteiger partial charge >= 0.3 is 0 Å². The van der Waals surface area contributed by atoms with Crippen LogP contribution in [0.4, 0.5) is 0 Å². The third kappa shape index (κ3) is 5.69. The standard InChI is InChI=1S/C63H37N5O/c1-2-21-44(22-3-1)67-52-27-12-10-24-46(52)49-35-43(29-30-53(49)67)61-64-62(47-26-14-20-38-15-8-9-23-45(38)47)66-63(65-61)60-54(31-32-58-59(60)48-25-11-13-28-57(48)69-58)68-55-36-41-18-6-4-16-39(41)33-50(55)51-34-40-17-5-7-19-42(40)37-56(51)68/h1-37H. The van der Waals surface area contributed by atoms with Crippen molar-refractivity contribution in [2.75, 3.05) is 0 Å². The molecule has 0 spiro atoms. The molecule has 4 heterocycles. The van der Waals surface area contributed by atoms with Crippen molar-refractivity contribution in [2.24, 2.45) is 0 Å². The number of hydrogen-bond donors (Lipinski definition) is 0. The van der Waals surface area contributed by atoms with Crippen molar-refractivity contribution in [3.05, 3.63) is 224 Å². The van der Waals surface area contributed by atoms with Crippen LogP contribution >= 0.6 is 0 Å². The Labute approximate surface area is 394 Å². The van der Waals surface area contributed by atoms with E-state index in [0.29, 0.717) is 17.5 Å². The average molecular weight is 880 g/mol. The van der Waals surface area contributed by atoms with Crippen molar-refractivity contribution in [3.8, 4) is 45.5 Å². The van der Waals surface area contributed by atoms with Gasteiger partial charge in [-0.3, -0.25) is 0 Å². The van der Waals surface area contributed by atoms with Crippen LogP contribution in [-0.4, -0.2) is 24.1 Å². The summed E-state index contributed by atoms with van der Waals surface area (Å²) in [5.74, 6) is 1.73. The molecule has 0 radical (unpaired) electrons. The molecule has 11 aromatic carbocycles. The zero-order valence-corrected chi connectivity index (χ0v) is 37.0. The van der Waals surface area contributed by atoms with Gasteiger partial charge in [0.1, 0.15) is 11.2 Å². The van der Waals surface area contributed by atoms with Crippen LogP contribution in [0.3, 0.4) is 0 Å². The number of para-hydroxylation sites is 3. The Balaban J connectivity index is 1.08. The van der Waals surface area contributed by atoms with Crippen LogP contribution in [0.5, 0.6) is 0 Å². The van der Waals surface area contributed by atoms with E-state index in [4.69, 9.17) is 19.4 Å². The van der Waals surface area contributed by atoms with Gasteiger partial charge in [-0.05, 0) is 111 Å². The van der Waals surface area contributed by atoms with E-state index in [1.165, 1.54) is 32.3 Å². The Morgan fingerprint density at radius 3 is 1.64 bits per heavy atom. The molecule has 6 heteroatoms. The lowest BCUT2D eigenvalue weighted by atomic mass is 10.0. The van der Waals surface area contributed by atoms with Gasteiger partial charge in [-0.2, -0.15) is 0 Å². The first-order chi connectivity index (χ1) is 34.2. The molecule has 15 aromatic rings. The van der Waals surface area contributed by atoms with Crippen LogP contribution in [0.25, 0.3) is 143 Å². The molecule has 15 rings (SSSR count). The fourth-order valence-corrected chi connectivity index (χ4v) is 11.0. The molecule has 0 aliphatic carbocycles. The quantitative estimate of drug-likeness (QED) is 0.173. The minimum atomic E-state index is 0.554. The lowest BCUT2D eigenvalue weighted by Crippen LogP contribution is -2.04. The maximum atomic E-state index is 6.71. The first kappa shape index (κ1) is 37.8. The second-order valence-electron chi connectivity index (χ2n) is 18.0. The number of rotatable bonds is 5. The monoisotopic (exact) mass is 879 g/mol. The Morgan fingerprint density at radius 2 is 0.884 bits per heavy atom. The average Bonchev–Trinajstić information content (AvgIpc) is 4.06. The number of benzene rings is 11. The maximum Gasteiger partial charge on any atom is 0.166 e. The van der Waals surface area contributed by atoms with Gasteiger partial charge in [0, 0.05) is 49.1 Å². The molecule has 320 valence electrons. The first-order valence-electron chi connectivity index (χ1n) is 23.3. The Kier molecular flexibility index (Phi) is 7.97. The summed E-state index contributed by atoms with van der Waals surface area (Å²) in [4.78, 5) is 16.6. The van der Waals surface area contributed by atoms with Crippen molar-refractivity contribution in [3.63, 3.8) is 0 Å².